The van der Waals surface area contributed by atoms with Crippen LogP contribution in [0.3, 0.4) is 0 Å². The Balaban J connectivity index is 2.32. The summed E-state index contributed by atoms with van der Waals surface area (Å²) >= 11 is 0. The van der Waals surface area contributed by atoms with Gasteiger partial charge < -0.3 is 10.5 Å². The minimum absolute atomic E-state index is 0.211. The smallest absolute Gasteiger partial charge is 0.128 e. The predicted molar refractivity (Wildman–Crippen MR) is 52.3 cm³/mol. The summed E-state index contributed by atoms with van der Waals surface area (Å²) in [7, 11) is 0. The van der Waals surface area contributed by atoms with Crippen LogP contribution in [-0.4, -0.2) is 13.2 Å². The fourth-order valence-corrected chi connectivity index (χ4v) is 1.87. The number of halogens is 1. The third kappa shape index (κ3) is 1.65. The molecule has 3 heteroatoms. The van der Waals surface area contributed by atoms with Gasteiger partial charge in [-0.15, -0.1) is 0 Å². The highest BCUT2D eigenvalue weighted by Crippen LogP contribution is 2.30. The molecule has 0 aromatic heterocycles. The van der Waals surface area contributed by atoms with Crippen LogP contribution in [0, 0.1) is 5.82 Å². The molecule has 76 valence electrons. The van der Waals surface area contributed by atoms with Gasteiger partial charge in [0.15, 0.2) is 0 Å². The second kappa shape index (κ2) is 3.67. The van der Waals surface area contributed by atoms with E-state index in [0.29, 0.717) is 31.6 Å². The molecule has 0 saturated carbocycles. The zero-order chi connectivity index (χ0) is 10.0. The van der Waals surface area contributed by atoms with E-state index in [0.717, 1.165) is 0 Å². The summed E-state index contributed by atoms with van der Waals surface area (Å²) in [5.41, 5.74) is 6.24. The fraction of sp³-hybridized carbons (Fsp3) is 0.455. The zero-order valence-corrected chi connectivity index (χ0v) is 8.00. The molecule has 1 aliphatic rings. The van der Waals surface area contributed by atoms with Crippen LogP contribution in [0.15, 0.2) is 24.3 Å². The van der Waals surface area contributed by atoms with Crippen LogP contribution in [0.1, 0.15) is 18.4 Å². The van der Waals surface area contributed by atoms with Gasteiger partial charge in [0.2, 0.25) is 0 Å². The summed E-state index contributed by atoms with van der Waals surface area (Å²) in [5.74, 6) is -0.211. The Morgan fingerprint density at radius 3 is 2.50 bits per heavy atom. The van der Waals surface area contributed by atoms with Crippen LogP contribution >= 0.6 is 0 Å². The monoisotopic (exact) mass is 195 g/mol. The Morgan fingerprint density at radius 1 is 1.21 bits per heavy atom. The van der Waals surface area contributed by atoms with E-state index in [4.69, 9.17) is 10.5 Å². The molecule has 1 heterocycles. The molecule has 0 atom stereocenters. The maximum absolute atomic E-state index is 13.5. The standard InChI is InChI=1S/C11H14FNO/c12-10-4-2-1-3-9(10)11(13)5-7-14-8-6-11/h1-4H,5-8,13H2. The van der Waals surface area contributed by atoms with E-state index >= 15 is 0 Å². The van der Waals surface area contributed by atoms with Gasteiger partial charge in [-0.2, -0.15) is 0 Å². The Hall–Kier alpha value is -0.930. The van der Waals surface area contributed by atoms with Gasteiger partial charge in [-0.3, -0.25) is 0 Å². The lowest BCUT2D eigenvalue weighted by Crippen LogP contribution is -2.42. The van der Waals surface area contributed by atoms with Crippen molar-refractivity contribution in [2.75, 3.05) is 13.2 Å². The SMILES string of the molecule is NC1(c2ccccc2F)CCOCC1. The average Bonchev–Trinajstić information content (AvgIpc) is 2.19. The Bertz CT molecular complexity index is 321. The molecule has 0 radical (unpaired) electrons. The molecule has 0 spiro atoms. The van der Waals surface area contributed by atoms with Crippen LogP contribution in [0.2, 0.25) is 0 Å². The van der Waals surface area contributed by atoms with Crippen LogP contribution in [0.5, 0.6) is 0 Å². The maximum atomic E-state index is 13.5. The quantitative estimate of drug-likeness (QED) is 0.741. The molecule has 1 saturated heterocycles. The first-order valence-electron chi connectivity index (χ1n) is 4.84. The number of hydrogen-bond donors (Lipinski definition) is 1. The summed E-state index contributed by atoms with van der Waals surface area (Å²) in [6.45, 7) is 1.23. The van der Waals surface area contributed by atoms with E-state index in [-0.39, 0.29) is 5.82 Å². The van der Waals surface area contributed by atoms with Crippen molar-refractivity contribution in [3.05, 3.63) is 35.6 Å². The van der Waals surface area contributed by atoms with Gasteiger partial charge in [0.1, 0.15) is 5.82 Å². The molecule has 0 amide bonds. The first-order chi connectivity index (χ1) is 6.72. The van der Waals surface area contributed by atoms with Gasteiger partial charge in [-0.25, -0.2) is 4.39 Å². The lowest BCUT2D eigenvalue weighted by atomic mass is 9.83. The van der Waals surface area contributed by atoms with Gasteiger partial charge in [-0.1, -0.05) is 18.2 Å². The van der Waals surface area contributed by atoms with Gasteiger partial charge in [0.05, 0.1) is 0 Å². The van der Waals surface area contributed by atoms with Crippen LogP contribution in [0.4, 0.5) is 4.39 Å². The number of nitrogens with two attached hydrogens (primary N) is 1. The minimum atomic E-state index is -0.538. The van der Waals surface area contributed by atoms with Crippen molar-refractivity contribution in [3.8, 4) is 0 Å². The number of rotatable bonds is 1. The third-order valence-corrected chi connectivity index (χ3v) is 2.80. The van der Waals surface area contributed by atoms with E-state index in [1.807, 2.05) is 6.07 Å². The normalized spacial score (nSPS) is 20.7. The summed E-state index contributed by atoms with van der Waals surface area (Å²) in [4.78, 5) is 0. The molecule has 0 unspecified atom stereocenters. The molecule has 0 bridgehead atoms. The van der Waals surface area contributed by atoms with E-state index in [9.17, 15) is 4.39 Å². The molecule has 1 fully saturated rings. The van der Waals surface area contributed by atoms with Gasteiger partial charge >= 0.3 is 0 Å². The Labute approximate surface area is 82.9 Å². The lowest BCUT2D eigenvalue weighted by Gasteiger charge is -2.33. The van der Waals surface area contributed by atoms with Crippen molar-refractivity contribution >= 4 is 0 Å². The topological polar surface area (TPSA) is 35.2 Å². The van der Waals surface area contributed by atoms with Crippen molar-refractivity contribution in [2.45, 2.75) is 18.4 Å². The molecule has 2 rings (SSSR count). The van der Waals surface area contributed by atoms with E-state index in [1.54, 1.807) is 12.1 Å². The third-order valence-electron chi connectivity index (χ3n) is 2.80. The Kier molecular flexibility index (Phi) is 2.52. The van der Waals surface area contributed by atoms with Crippen LogP contribution < -0.4 is 5.73 Å². The average molecular weight is 195 g/mol. The van der Waals surface area contributed by atoms with Gasteiger partial charge in [0, 0.05) is 24.3 Å². The Morgan fingerprint density at radius 2 is 1.86 bits per heavy atom. The second-order valence-electron chi connectivity index (χ2n) is 3.75. The van der Waals surface area contributed by atoms with Crippen LogP contribution in [-0.2, 0) is 10.3 Å². The first-order valence-corrected chi connectivity index (χ1v) is 4.84. The van der Waals surface area contributed by atoms with E-state index < -0.39 is 5.54 Å². The predicted octanol–water partition coefficient (Wildman–Crippen LogP) is 1.79. The number of hydrogen-bond acceptors (Lipinski definition) is 2. The molecule has 0 aliphatic carbocycles. The minimum Gasteiger partial charge on any atom is -0.381 e. The first kappa shape index (κ1) is 9.62. The molecule has 1 aliphatic heterocycles. The summed E-state index contributed by atoms with van der Waals surface area (Å²) in [6, 6.07) is 6.73. The summed E-state index contributed by atoms with van der Waals surface area (Å²) < 4.78 is 18.7. The van der Waals surface area contributed by atoms with Crippen LogP contribution in [0.25, 0.3) is 0 Å². The summed E-state index contributed by atoms with van der Waals surface area (Å²) in [6.07, 6.45) is 1.38. The van der Waals surface area contributed by atoms with Crippen molar-refractivity contribution in [1.82, 2.24) is 0 Å². The molecule has 2 N–H and O–H groups in total. The van der Waals surface area contributed by atoms with Crippen molar-refractivity contribution < 1.29 is 9.13 Å². The van der Waals surface area contributed by atoms with Gasteiger partial charge in [-0.05, 0) is 18.9 Å². The van der Waals surface area contributed by atoms with E-state index in [2.05, 4.69) is 0 Å². The highest BCUT2D eigenvalue weighted by molar-refractivity contribution is 5.26. The van der Waals surface area contributed by atoms with Crippen molar-refractivity contribution in [2.24, 2.45) is 5.73 Å². The van der Waals surface area contributed by atoms with Gasteiger partial charge in [0.25, 0.3) is 0 Å². The highest BCUT2D eigenvalue weighted by atomic mass is 19.1. The van der Waals surface area contributed by atoms with E-state index in [1.165, 1.54) is 6.07 Å². The lowest BCUT2D eigenvalue weighted by molar-refractivity contribution is 0.0510. The molecule has 1 aromatic rings. The highest BCUT2D eigenvalue weighted by Gasteiger charge is 2.31. The maximum Gasteiger partial charge on any atom is 0.128 e. The zero-order valence-electron chi connectivity index (χ0n) is 8.00. The number of benzene rings is 1. The molecule has 14 heavy (non-hydrogen) atoms. The number of ether oxygens (including phenoxy) is 1. The fourth-order valence-electron chi connectivity index (χ4n) is 1.87. The molecular formula is C11H14FNO. The van der Waals surface area contributed by atoms with Crippen molar-refractivity contribution in [3.63, 3.8) is 0 Å². The summed E-state index contributed by atoms with van der Waals surface area (Å²) in [5, 5.41) is 0. The second-order valence-corrected chi connectivity index (χ2v) is 3.75. The molecule has 1 aromatic carbocycles. The largest absolute Gasteiger partial charge is 0.381 e. The molecule has 2 nitrogen and oxygen atoms in total. The van der Waals surface area contributed by atoms with Crippen molar-refractivity contribution in [1.29, 1.82) is 0 Å². The molecular weight excluding hydrogens is 181 g/mol.